The predicted molar refractivity (Wildman–Crippen MR) is 95.5 cm³/mol. The van der Waals surface area contributed by atoms with E-state index in [0.29, 0.717) is 16.1 Å². The van der Waals surface area contributed by atoms with Crippen LogP contribution in [0.2, 0.25) is 0 Å². The largest absolute Gasteiger partial charge is 0.343 e. The second kappa shape index (κ2) is 6.40. The highest BCUT2D eigenvalue weighted by Gasteiger charge is 2.36. The molecule has 7 nitrogen and oxygen atoms in total. The van der Waals surface area contributed by atoms with Crippen molar-refractivity contribution in [3.05, 3.63) is 50.1 Å². The SMILES string of the molecule is CC(C)c1[nH]c(=O)ccc1C(=O)NC1CN(C)S(=O)(=O)c2ccsc21. The molecule has 2 N–H and O–H groups in total. The lowest BCUT2D eigenvalue weighted by Gasteiger charge is -2.30. The molecule has 9 heteroatoms. The standard InChI is InChI=1S/C16H19N3O4S2/c1-9(2)14-10(4-5-13(20)18-14)16(21)17-11-8-19(3)25(22,23)12-6-7-24-15(11)12/h4-7,9,11H,8H2,1-3H3,(H,17,21)(H,18,20). The predicted octanol–water partition coefficient (Wildman–Crippen LogP) is 1.67. The average molecular weight is 381 g/mol. The lowest BCUT2D eigenvalue weighted by atomic mass is 10.0. The summed E-state index contributed by atoms with van der Waals surface area (Å²) in [6, 6.07) is 3.95. The number of fused-ring (bicyclic) bond motifs is 1. The first-order valence-corrected chi connectivity index (χ1v) is 10.1. The number of sulfonamides is 1. The molecule has 0 fully saturated rings. The van der Waals surface area contributed by atoms with Crippen molar-refractivity contribution < 1.29 is 13.2 Å². The van der Waals surface area contributed by atoms with Gasteiger partial charge in [0.1, 0.15) is 0 Å². The van der Waals surface area contributed by atoms with Crippen LogP contribution in [-0.2, 0) is 10.0 Å². The van der Waals surface area contributed by atoms with E-state index in [-0.39, 0.29) is 28.8 Å². The number of likely N-dealkylation sites (N-methyl/N-ethyl adjacent to an activating group) is 1. The summed E-state index contributed by atoms with van der Waals surface area (Å²) >= 11 is 1.31. The third kappa shape index (κ3) is 3.14. The summed E-state index contributed by atoms with van der Waals surface area (Å²) in [7, 11) is -2.00. The van der Waals surface area contributed by atoms with E-state index < -0.39 is 16.1 Å². The molecule has 1 atom stereocenters. The molecular formula is C16H19N3O4S2. The Labute approximate surface area is 149 Å². The molecule has 3 heterocycles. The van der Waals surface area contributed by atoms with Gasteiger partial charge in [-0.1, -0.05) is 13.8 Å². The molecule has 1 aliphatic heterocycles. The summed E-state index contributed by atoms with van der Waals surface area (Å²) in [5.41, 5.74) is 0.696. The van der Waals surface area contributed by atoms with Gasteiger partial charge in [-0.15, -0.1) is 11.3 Å². The van der Waals surface area contributed by atoms with Crippen LogP contribution in [0.4, 0.5) is 0 Å². The third-order valence-electron chi connectivity index (χ3n) is 4.18. The van der Waals surface area contributed by atoms with Gasteiger partial charge in [-0.05, 0) is 23.4 Å². The van der Waals surface area contributed by atoms with Crippen molar-refractivity contribution in [1.82, 2.24) is 14.6 Å². The fourth-order valence-corrected chi connectivity index (χ4v) is 5.57. The Balaban J connectivity index is 1.94. The number of aromatic amines is 1. The first kappa shape index (κ1) is 17.8. The van der Waals surface area contributed by atoms with Gasteiger partial charge in [0.15, 0.2) is 0 Å². The van der Waals surface area contributed by atoms with Crippen molar-refractivity contribution in [2.24, 2.45) is 0 Å². The van der Waals surface area contributed by atoms with Gasteiger partial charge in [-0.3, -0.25) is 9.59 Å². The zero-order valence-corrected chi connectivity index (χ0v) is 15.7. The normalized spacial score (nSPS) is 19.6. The van der Waals surface area contributed by atoms with Crippen molar-refractivity contribution in [1.29, 1.82) is 0 Å². The van der Waals surface area contributed by atoms with Gasteiger partial charge in [-0.25, -0.2) is 8.42 Å². The van der Waals surface area contributed by atoms with Crippen molar-refractivity contribution in [2.75, 3.05) is 13.6 Å². The van der Waals surface area contributed by atoms with E-state index >= 15 is 0 Å². The Hall–Kier alpha value is -1.97. The molecule has 1 aliphatic rings. The number of nitrogens with one attached hydrogen (secondary N) is 2. The van der Waals surface area contributed by atoms with Gasteiger partial charge >= 0.3 is 0 Å². The summed E-state index contributed by atoms with van der Waals surface area (Å²) in [4.78, 5) is 27.9. The maximum atomic E-state index is 12.8. The highest BCUT2D eigenvalue weighted by Crippen LogP contribution is 2.35. The average Bonchev–Trinajstić information content (AvgIpc) is 3.03. The van der Waals surface area contributed by atoms with Crippen LogP contribution < -0.4 is 10.9 Å². The minimum absolute atomic E-state index is 0.0265. The van der Waals surface area contributed by atoms with Gasteiger partial charge in [0.2, 0.25) is 15.6 Å². The van der Waals surface area contributed by atoms with E-state index in [0.717, 1.165) is 0 Å². The second-order valence-corrected chi connectivity index (χ2v) is 9.23. The van der Waals surface area contributed by atoms with Crippen LogP contribution in [-0.4, -0.2) is 37.2 Å². The van der Waals surface area contributed by atoms with E-state index in [4.69, 9.17) is 0 Å². The Morgan fingerprint density at radius 2 is 2.08 bits per heavy atom. The number of hydrogen-bond donors (Lipinski definition) is 2. The van der Waals surface area contributed by atoms with Crippen LogP contribution in [0, 0.1) is 0 Å². The molecule has 0 saturated carbocycles. The molecule has 25 heavy (non-hydrogen) atoms. The quantitative estimate of drug-likeness (QED) is 0.845. The number of amides is 1. The smallest absolute Gasteiger partial charge is 0.253 e. The van der Waals surface area contributed by atoms with Crippen molar-refractivity contribution >= 4 is 27.3 Å². The Kier molecular flexibility index (Phi) is 4.56. The van der Waals surface area contributed by atoms with E-state index in [9.17, 15) is 18.0 Å². The molecule has 0 aromatic carbocycles. The van der Waals surface area contributed by atoms with Crippen molar-refractivity contribution in [3.8, 4) is 0 Å². The van der Waals surface area contributed by atoms with Gasteiger partial charge in [0, 0.05) is 30.2 Å². The highest BCUT2D eigenvalue weighted by atomic mass is 32.2. The number of carbonyl (C=O) groups is 1. The molecular weight excluding hydrogens is 362 g/mol. The summed E-state index contributed by atoms with van der Waals surface area (Å²) in [5, 5.41) is 4.61. The van der Waals surface area contributed by atoms with Crippen molar-refractivity contribution in [2.45, 2.75) is 30.7 Å². The zero-order chi connectivity index (χ0) is 18.4. The number of pyridine rings is 1. The van der Waals surface area contributed by atoms with E-state index in [1.54, 1.807) is 11.4 Å². The number of nitrogens with zero attached hydrogens (tertiary/aromatic N) is 1. The Morgan fingerprint density at radius 3 is 2.76 bits per heavy atom. The first-order valence-electron chi connectivity index (χ1n) is 7.79. The molecule has 0 saturated heterocycles. The van der Waals surface area contributed by atoms with Crippen LogP contribution in [0.15, 0.2) is 33.3 Å². The Morgan fingerprint density at radius 1 is 1.36 bits per heavy atom. The van der Waals surface area contributed by atoms with E-state index in [2.05, 4.69) is 10.3 Å². The maximum absolute atomic E-state index is 12.8. The molecule has 0 spiro atoms. The summed E-state index contributed by atoms with van der Waals surface area (Å²) in [6.07, 6.45) is 0. The number of rotatable bonds is 3. The monoisotopic (exact) mass is 381 g/mol. The molecule has 1 unspecified atom stereocenters. The Bertz CT molecular complexity index is 975. The third-order valence-corrected chi connectivity index (χ3v) is 7.22. The molecule has 2 aromatic heterocycles. The fraction of sp³-hybridized carbons (Fsp3) is 0.375. The van der Waals surface area contributed by atoms with Crippen LogP contribution in [0.1, 0.15) is 46.7 Å². The van der Waals surface area contributed by atoms with Gasteiger partial charge in [0.05, 0.1) is 16.5 Å². The highest BCUT2D eigenvalue weighted by molar-refractivity contribution is 7.89. The van der Waals surface area contributed by atoms with Gasteiger partial charge < -0.3 is 10.3 Å². The minimum atomic E-state index is -3.49. The number of carbonyl (C=O) groups excluding carboxylic acids is 1. The topological polar surface area (TPSA) is 99.3 Å². The number of aromatic nitrogens is 1. The first-order chi connectivity index (χ1) is 11.7. The molecule has 3 rings (SSSR count). The lowest BCUT2D eigenvalue weighted by Crippen LogP contribution is -2.43. The fourth-order valence-electron chi connectivity index (χ4n) is 2.87. The molecule has 0 radical (unpaired) electrons. The van der Waals surface area contributed by atoms with Crippen LogP contribution in [0.3, 0.4) is 0 Å². The van der Waals surface area contributed by atoms with Crippen LogP contribution in [0.5, 0.6) is 0 Å². The van der Waals surface area contributed by atoms with Gasteiger partial charge in [0.25, 0.3) is 5.91 Å². The van der Waals surface area contributed by atoms with Crippen molar-refractivity contribution in [3.63, 3.8) is 0 Å². The summed E-state index contributed by atoms with van der Waals surface area (Å²) < 4.78 is 25.9. The molecule has 0 bridgehead atoms. The minimum Gasteiger partial charge on any atom is -0.343 e. The molecule has 2 aromatic rings. The number of hydrogen-bond acceptors (Lipinski definition) is 5. The zero-order valence-electron chi connectivity index (χ0n) is 14.1. The number of thiophene rings is 1. The molecule has 0 aliphatic carbocycles. The number of H-pyrrole nitrogens is 1. The van der Waals surface area contributed by atoms with Crippen LogP contribution in [0.25, 0.3) is 0 Å². The van der Waals surface area contributed by atoms with Gasteiger partial charge in [-0.2, -0.15) is 4.31 Å². The van der Waals surface area contributed by atoms with E-state index in [1.807, 2.05) is 13.8 Å². The molecule has 134 valence electrons. The van der Waals surface area contributed by atoms with E-state index in [1.165, 1.54) is 34.8 Å². The summed E-state index contributed by atoms with van der Waals surface area (Å²) in [6.45, 7) is 3.95. The maximum Gasteiger partial charge on any atom is 0.253 e. The lowest BCUT2D eigenvalue weighted by molar-refractivity contribution is 0.0930. The second-order valence-electron chi connectivity index (χ2n) is 6.27. The summed E-state index contributed by atoms with van der Waals surface area (Å²) in [5.74, 6) is -0.363. The molecule has 1 amide bonds. The van der Waals surface area contributed by atoms with Crippen LogP contribution >= 0.6 is 11.3 Å².